The molecular formula is C14H12IN6P. The molecule has 0 aliphatic carbocycles. The van der Waals surface area contributed by atoms with Crippen molar-refractivity contribution in [1.29, 1.82) is 5.26 Å². The summed E-state index contributed by atoms with van der Waals surface area (Å²) in [5.41, 5.74) is 3.78. The predicted molar refractivity (Wildman–Crippen MR) is 95.1 cm³/mol. The molecule has 0 amide bonds. The van der Waals surface area contributed by atoms with Gasteiger partial charge in [-0.05, 0) is 40.1 Å². The summed E-state index contributed by atoms with van der Waals surface area (Å²) >= 11 is 2.25. The summed E-state index contributed by atoms with van der Waals surface area (Å²) < 4.78 is 1.82. The van der Waals surface area contributed by atoms with E-state index in [4.69, 9.17) is 5.26 Å². The third kappa shape index (κ3) is 2.57. The van der Waals surface area contributed by atoms with Crippen LogP contribution in [-0.4, -0.2) is 24.5 Å². The van der Waals surface area contributed by atoms with Gasteiger partial charge in [-0.2, -0.15) is 10.4 Å². The van der Waals surface area contributed by atoms with Gasteiger partial charge >= 0.3 is 0 Å². The van der Waals surface area contributed by atoms with Gasteiger partial charge < -0.3 is 0 Å². The number of aromatic nitrogens is 5. The van der Waals surface area contributed by atoms with Crippen LogP contribution in [0.15, 0.2) is 24.7 Å². The van der Waals surface area contributed by atoms with Crippen molar-refractivity contribution in [3.05, 3.63) is 35.9 Å². The maximum absolute atomic E-state index is 9.04. The number of nitriles is 1. The second kappa shape index (κ2) is 6.23. The van der Waals surface area contributed by atoms with Crippen molar-refractivity contribution in [2.24, 2.45) is 0 Å². The molecule has 3 aromatic rings. The Balaban J connectivity index is 2.31. The molecule has 0 bridgehead atoms. The van der Waals surface area contributed by atoms with Crippen molar-refractivity contribution < 1.29 is 0 Å². The number of pyridine rings is 1. The Morgan fingerprint density at radius 2 is 2.14 bits per heavy atom. The SMILES string of the molecule is CC(C)c1cncnc1-c1nn(PI)c2nc(C#N)ccc12. The Bertz CT molecular complexity index is 883. The first kappa shape index (κ1) is 15.3. The molecule has 0 spiro atoms. The zero-order valence-corrected chi connectivity index (χ0v) is 15.1. The average Bonchev–Trinajstić information content (AvgIpc) is 2.92. The van der Waals surface area contributed by atoms with Crippen LogP contribution in [0.5, 0.6) is 0 Å². The number of nitrogens with zero attached hydrogens (tertiary/aromatic N) is 6. The number of hydrogen-bond donors (Lipinski definition) is 0. The molecule has 0 aliphatic heterocycles. The number of halogens is 1. The van der Waals surface area contributed by atoms with Crippen LogP contribution in [0, 0.1) is 11.3 Å². The minimum atomic E-state index is 0.296. The summed E-state index contributed by atoms with van der Waals surface area (Å²) in [4.78, 5) is 12.9. The number of hydrogen-bond acceptors (Lipinski definition) is 5. The van der Waals surface area contributed by atoms with Gasteiger partial charge in [-0.1, -0.05) is 13.8 Å². The Hall–Kier alpha value is -1.65. The molecule has 8 heteroatoms. The Morgan fingerprint density at radius 1 is 1.32 bits per heavy atom. The quantitative estimate of drug-likeness (QED) is 0.476. The van der Waals surface area contributed by atoms with Crippen LogP contribution >= 0.6 is 28.4 Å². The second-order valence-electron chi connectivity index (χ2n) is 5.01. The molecule has 0 aromatic carbocycles. The smallest absolute Gasteiger partial charge is 0.164 e. The van der Waals surface area contributed by atoms with E-state index in [-0.39, 0.29) is 0 Å². The Morgan fingerprint density at radius 3 is 2.82 bits per heavy atom. The van der Waals surface area contributed by atoms with E-state index < -0.39 is 0 Å². The van der Waals surface area contributed by atoms with E-state index in [0.717, 1.165) is 28.0 Å². The Kier molecular flexibility index (Phi) is 4.32. The van der Waals surface area contributed by atoms with Gasteiger partial charge in [-0.3, -0.25) is 0 Å². The third-order valence-electron chi connectivity index (χ3n) is 3.31. The van der Waals surface area contributed by atoms with Crippen molar-refractivity contribution in [1.82, 2.24) is 24.5 Å². The van der Waals surface area contributed by atoms with E-state index in [1.165, 1.54) is 6.33 Å². The van der Waals surface area contributed by atoms with E-state index in [9.17, 15) is 0 Å². The van der Waals surface area contributed by atoms with Crippen LogP contribution in [0.3, 0.4) is 0 Å². The third-order valence-corrected chi connectivity index (χ3v) is 5.16. The number of rotatable bonds is 3. The summed E-state index contributed by atoms with van der Waals surface area (Å²) in [6.07, 6.45) is 3.77. The highest BCUT2D eigenvalue weighted by molar-refractivity contribution is 14.2. The van der Waals surface area contributed by atoms with Crippen LogP contribution in [0.1, 0.15) is 31.0 Å². The maximum atomic E-state index is 9.04. The molecule has 1 unspecified atom stereocenters. The molecule has 0 aliphatic rings. The molecular weight excluding hydrogens is 410 g/mol. The van der Waals surface area contributed by atoms with Crippen molar-refractivity contribution >= 4 is 39.4 Å². The first-order chi connectivity index (χ1) is 10.7. The molecule has 0 fully saturated rings. The van der Waals surface area contributed by atoms with Gasteiger partial charge in [0.15, 0.2) is 5.65 Å². The van der Waals surface area contributed by atoms with E-state index in [1.54, 1.807) is 6.07 Å². The van der Waals surface area contributed by atoms with Crippen LogP contribution in [0.25, 0.3) is 22.4 Å². The zero-order valence-electron chi connectivity index (χ0n) is 11.9. The van der Waals surface area contributed by atoms with E-state index in [0.29, 0.717) is 18.0 Å². The van der Waals surface area contributed by atoms with Crippen molar-refractivity contribution in [3.63, 3.8) is 0 Å². The molecule has 3 rings (SSSR count). The lowest BCUT2D eigenvalue weighted by Crippen LogP contribution is -1.97. The summed E-state index contributed by atoms with van der Waals surface area (Å²) in [6.45, 7) is 4.21. The van der Waals surface area contributed by atoms with Gasteiger partial charge in [-0.15, -0.1) is 0 Å². The van der Waals surface area contributed by atoms with Gasteiger partial charge in [0.25, 0.3) is 0 Å². The highest BCUT2D eigenvalue weighted by atomic mass is 127. The van der Waals surface area contributed by atoms with Crippen molar-refractivity contribution in [2.45, 2.75) is 19.8 Å². The molecule has 0 saturated carbocycles. The zero-order chi connectivity index (χ0) is 15.7. The van der Waals surface area contributed by atoms with E-state index >= 15 is 0 Å². The van der Waals surface area contributed by atoms with Crippen LogP contribution in [0.2, 0.25) is 0 Å². The van der Waals surface area contributed by atoms with Gasteiger partial charge in [-0.25, -0.2) is 19.4 Å². The van der Waals surface area contributed by atoms with Gasteiger partial charge in [0.05, 0.1) is 12.1 Å². The summed E-state index contributed by atoms with van der Waals surface area (Å²) in [6, 6.07) is 5.68. The largest absolute Gasteiger partial charge is 0.244 e. The topological polar surface area (TPSA) is 80.3 Å². The molecule has 0 N–H and O–H groups in total. The monoisotopic (exact) mass is 422 g/mol. The highest BCUT2D eigenvalue weighted by Crippen LogP contribution is 2.35. The first-order valence-corrected chi connectivity index (χ1v) is 10.7. The molecule has 22 heavy (non-hydrogen) atoms. The van der Waals surface area contributed by atoms with Gasteiger partial charge in [0.1, 0.15) is 23.8 Å². The van der Waals surface area contributed by atoms with Crippen LogP contribution in [-0.2, 0) is 0 Å². The minimum Gasteiger partial charge on any atom is -0.244 e. The Labute approximate surface area is 142 Å². The summed E-state index contributed by atoms with van der Waals surface area (Å²) in [5.74, 6) is 0.296. The molecule has 110 valence electrons. The fourth-order valence-corrected chi connectivity index (χ4v) is 3.65. The lowest BCUT2D eigenvalue weighted by Gasteiger charge is -2.08. The lowest BCUT2D eigenvalue weighted by molar-refractivity contribution is 0.846. The highest BCUT2D eigenvalue weighted by Gasteiger charge is 2.19. The summed E-state index contributed by atoms with van der Waals surface area (Å²) in [7, 11) is 0. The fourth-order valence-electron chi connectivity index (χ4n) is 2.25. The lowest BCUT2D eigenvalue weighted by atomic mass is 10.0. The molecule has 1 atom stereocenters. The molecule has 6 nitrogen and oxygen atoms in total. The minimum absolute atomic E-state index is 0.296. The van der Waals surface area contributed by atoms with Crippen molar-refractivity contribution in [2.75, 3.05) is 0 Å². The molecule has 3 aromatic heterocycles. The summed E-state index contributed by atoms with van der Waals surface area (Å²) in [5, 5.41) is 14.6. The first-order valence-electron chi connectivity index (χ1n) is 6.62. The van der Waals surface area contributed by atoms with Crippen LogP contribution in [0.4, 0.5) is 0 Å². The average molecular weight is 422 g/mol. The normalized spacial score (nSPS) is 11.6. The second-order valence-corrected chi connectivity index (χ2v) is 7.05. The van der Waals surface area contributed by atoms with Crippen molar-refractivity contribution in [3.8, 4) is 17.5 Å². The van der Waals surface area contributed by atoms with Gasteiger partial charge in [0.2, 0.25) is 0 Å². The molecule has 0 radical (unpaired) electrons. The van der Waals surface area contributed by atoms with Crippen LogP contribution < -0.4 is 0 Å². The predicted octanol–water partition coefficient (Wildman–Crippen LogP) is 3.67. The van der Waals surface area contributed by atoms with Gasteiger partial charge in [0, 0.05) is 17.1 Å². The van der Waals surface area contributed by atoms with E-state index in [2.05, 4.69) is 62.0 Å². The maximum Gasteiger partial charge on any atom is 0.164 e. The molecule has 0 saturated heterocycles. The number of fused-ring (bicyclic) bond motifs is 1. The van der Waals surface area contributed by atoms with E-state index in [1.807, 2.05) is 16.7 Å². The standard InChI is InChI=1S/C14H12IN6P/c1-8(2)11-6-17-7-18-12(11)13-10-4-3-9(5-16)19-14(10)21(20-13)22-15/h3-4,6-8,22H,1-2H3. The fraction of sp³-hybridized carbons (Fsp3) is 0.214. The molecule has 3 heterocycles.